The lowest BCUT2D eigenvalue weighted by atomic mass is 9.90. The number of carbonyl (C=O) groups excluding carboxylic acids is 2. The maximum absolute atomic E-state index is 14.0. The minimum Gasteiger partial charge on any atom is -0.495 e. The Morgan fingerprint density at radius 2 is 1.88 bits per heavy atom. The second-order valence-electron chi connectivity index (χ2n) is 9.52. The molecule has 41 heavy (non-hydrogen) atoms. The summed E-state index contributed by atoms with van der Waals surface area (Å²) in [5.41, 5.74) is 7.19. The Kier molecular flexibility index (Phi) is 9.56. The molecule has 2 heterocycles. The molecule has 1 fully saturated rings. The molecule has 1 aromatic carbocycles. The number of rotatable bonds is 10. The molecule has 0 saturated heterocycles. The molecule has 218 valence electrons. The van der Waals surface area contributed by atoms with Crippen molar-refractivity contribution >= 4 is 58.8 Å². The number of fused-ring (bicyclic) bond motifs is 1. The Bertz CT molecular complexity index is 1360. The number of urea groups is 1. The highest BCUT2D eigenvalue weighted by Gasteiger charge is 2.37. The number of aromatic nitrogens is 2. The van der Waals surface area contributed by atoms with E-state index in [1.165, 1.54) is 42.2 Å². The molecule has 2 aromatic rings. The lowest BCUT2D eigenvalue weighted by molar-refractivity contribution is -0.117. The molecule has 5 N–H and O–H groups in total. The summed E-state index contributed by atoms with van der Waals surface area (Å²) in [5, 5.41) is 14.0. The number of nitrogens with two attached hydrogens (primary N) is 1. The van der Waals surface area contributed by atoms with Crippen molar-refractivity contribution in [1.29, 1.82) is 5.41 Å². The third kappa shape index (κ3) is 6.33. The summed E-state index contributed by atoms with van der Waals surface area (Å²) in [6.45, 7) is 3.52. The Hall–Kier alpha value is -4.03. The monoisotopic (exact) mass is 602 g/mol. The molecule has 4 rings (SSSR count). The molecule has 12 nitrogen and oxygen atoms in total. The number of allylic oxidation sites excluding steroid dienone is 1. The number of nitrogens with one attached hydrogen (secondary N) is 3. The summed E-state index contributed by atoms with van der Waals surface area (Å²) in [6, 6.07) is 0.799. The molecule has 0 bridgehead atoms. The number of methoxy groups -OCH3 is 2. The van der Waals surface area contributed by atoms with Gasteiger partial charge in [0.1, 0.15) is 27.4 Å². The van der Waals surface area contributed by atoms with Gasteiger partial charge in [-0.05, 0) is 25.0 Å². The van der Waals surface area contributed by atoms with Crippen LogP contribution in [0.25, 0.3) is 0 Å². The smallest absolute Gasteiger partial charge is 0.330 e. The molecule has 1 aliphatic heterocycles. The van der Waals surface area contributed by atoms with Crippen molar-refractivity contribution in [2.45, 2.75) is 44.3 Å². The number of anilines is 3. The molecule has 1 saturated carbocycles. The number of hydrogen-bond acceptors (Lipinski definition) is 9. The fraction of sp³-hybridized carbons (Fsp3) is 0.370. The van der Waals surface area contributed by atoms with Crippen LogP contribution in [-0.2, 0) is 11.3 Å². The third-order valence-corrected chi connectivity index (χ3v) is 7.67. The minimum absolute atomic E-state index is 0.0519. The van der Waals surface area contributed by atoms with Gasteiger partial charge in [-0.2, -0.15) is 4.98 Å². The first-order valence-corrected chi connectivity index (χ1v) is 13.7. The van der Waals surface area contributed by atoms with Gasteiger partial charge in [0, 0.05) is 41.8 Å². The molecular formula is C27H32Cl2N8O4. The van der Waals surface area contributed by atoms with Crippen molar-refractivity contribution in [3.05, 3.63) is 52.3 Å². The zero-order valence-electron chi connectivity index (χ0n) is 22.7. The van der Waals surface area contributed by atoms with E-state index in [0.29, 0.717) is 17.3 Å². The van der Waals surface area contributed by atoms with E-state index in [1.54, 1.807) is 6.20 Å². The second kappa shape index (κ2) is 13.1. The van der Waals surface area contributed by atoms with Crippen LogP contribution in [0.5, 0.6) is 11.5 Å². The molecule has 3 amide bonds. The Labute approximate surface area is 248 Å². The number of halogens is 2. The van der Waals surface area contributed by atoms with Gasteiger partial charge in [-0.1, -0.05) is 42.6 Å². The predicted molar refractivity (Wildman–Crippen MR) is 160 cm³/mol. The zero-order chi connectivity index (χ0) is 29.7. The Morgan fingerprint density at radius 3 is 2.49 bits per heavy atom. The number of benzene rings is 1. The normalized spacial score (nSPS) is 18.8. The van der Waals surface area contributed by atoms with Gasteiger partial charge < -0.3 is 31.3 Å². The van der Waals surface area contributed by atoms with Crippen LogP contribution in [0.3, 0.4) is 0 Å². The topological polar surface area (TPSA) is 159 Å². The van der Waals surface area contributed by atoms with Crippen molar-refractivity contribution in [3.8, 4) is 11.5 Å². The highest BCUT2D eigenvalue weighted by atomic mass is 35.5. The van der Waals surface area contributed by atoms with Gasteiger partial charge in [-0.3, -0.25) is 14.6 Å². The number of amides is 3. The van der Waals surface area contributed by atoms with E-state index in [4.69, 9.17) is 48.8 Å². The van der Waals surface area contributed by atoms with Gasteiger partial charge in [-0.25, -0.2) is 9.78 Å². The van der Waals surface area contributed by atoms with Gasteiger partial charge in [0.2, 0.25) is 11.9 Å². The van der Waals surface area contributed by atoms with Crippen LogP contribution in [-0.4, -0.2) is 61.0 Å². The van der Waals surface area contributed by atoms with Gasteiger partial charge in [0.05, 0.1) is 33.0 Å². The fourth-order valence-electron chi connectivity index (χ4n) is 4.94. The first kappa shape index (κ1) is 29.9. The summed E-state index contributed by atoms with van der Waals surface area (Å²) < 4.78 is 10.8. The van der Waals surface area contributed by atoms with Gasteiger partial charge in [0.25, 0.3) is 0 Å². The lowest BCUT2D eigenvalue weighted by Gasteiger charge is -2.37. The molecule has 0 radical (unpaired) electrons. The lowest BCUT2D eigenvalue weighted by Crippen LogP contribution is -2.50. The van der Waals surface area contributed by atoms with Crippen LogP contribution in [0.4, 0.5) is 22.2 Å². The Morgan fingerprint density at radius 1 is 1.22 bits per heavy atom. The molecule has 1 aliphatic carbocycles. The number of nitrogens with zero attached hydrogens (tertiary/aromatic N) is 4. The molecule has 0 spiro atoms. The van der Waals surface area contributed by atoms with Crippen LogP contribution < -0.4 is 35.6 Å². The van der Waals surface area contributed by atoms with Gasteiger partial charge in [-0.15, -0.1) is 0 Å². The van der Waals surface area contributed by atoms with E-state index >= 15 is 0 Å². The maximum atomic E-state index is 14.0. The summed E-state index contributed by atoms with van der Waals surface area (Å²) in [5.74, 6) is 0.949. The van der Waals surface area contributed by atoms with E-state index in [2.05, 4.69) is 22.2 Å². The maximum Gasteiger partial charge on any atom is 0.330 e. The van der Waals surface area contributed by atoms with Crippen LogP contribution in [0.15, 0.2) is 36.7 Å². The van der Waals surface area contributed by atoms with Crippen molar-refractivity contribution in [2.24, 2.45) is 5.73 Å². The largest absolute Gasteiger partial charge is 0.495 e. The van der Waals surface area contributed by atoms with E-state index in [0.717, 1.165) is 31.9 Å². The zero-order valence-corrected chi connectivity index (χ0v) is 24.3. The summed E-state index contributed by atoms with van der Waals surface area (Å²) in [6.07, 6.45) is 8.88. The van der Waals surface area contributed by atoms with Crippen molar-refractivity contribution in [2.75, 3.05) is 35.9 Å². The summed E-state index contributed by atoms with van der Waals surface area (Å²) in [7, 11) is 2.89. The molecule has 2 aliphatic rings. The van der Waals surface area contributed by atoms with Crippen molar-refractivity contribution in [3.63, 3.8) is 0 Å². The van der Waals surface area contributed by atoms with E-state index in [1.807, 2.05) is 0 Å². The van der Waals surface area contributed by atoms with Crippen molar-refractivity contribution < 1.29 is 19.1 Å². The van der Waals surface area contributed by atoms with Gasteiger partial charge >= 0.3 is 6.03 Å². The van der Waals surface area contributed by atoms with Crippen LogP contribution in [0.1, 0.15) is 31.2 Å². The average molecular weight is 604 g/mol. The van der Waals surface area contributed by atoms with E-state index < -0.39 is 6.03 Å². The standard InChI is InChI=1S/C27H32Cl2N8O4/c1-4-21(38)33-17-7-5-6-8-18(17)34-26-32-12-15-13-36(24-22(28)19(40-2)11-20(41-3)23(24)29)27(39)37(25(15)35-26)14-16(31)9-10-30/h4,9-12,17-18,30H,1,5-8,13-14,31H2,2-3H3,(H,33,38)(H,32,34,35)/t17-,18?/m0/s1. The van der Waals surface area contributed by atoms with Crippen LogP contribution >= 0.6 is 23.2 Å². The average Bonchev–Trinajstić information content (AvgIpc) is 2.96. The fourth-order valence-corrected chi connectivity index (χ4v) is 5.64. The van der Waals surface area contributed by atoms with E-state index in [-0.39, 0.29) is 64.0 Å². The molecule has 2 atom stereocenters. The predicted octanol–water partition coefficient (Wildman–Crippen LogP) is 4.26. The van der Waals surface area contributed by atoms with E-state index in [9.17, 15) is 9.59 Å². The number of ether oxygens (including phenoxy) is 2. The molecule has 1 aromatic heterocycles. The number of carbonyl (C=O) groups is 2. The SMILES string of the molecule is C=CC(=O)N[C@H]1CCCCC1Nc1ncc2c(n1)N(CC(N)=CC=N)C(=O)N(c1c(Cl)c(OC)cc(OC)c1Cl)C2. The first-order chi connectivity index (χ1) is 19.7. The quantitative estimate of drug-likeness (QED) is 0.232. The molecule has 1 unspecified atom stereocenters. The first-order valence-electron chi connectivity index (χ1n) is 12.9. The minimum atomic E-state index is -0.503. The number of hydrogen-bond donors (Lipinski definition) is 4. The van der Waals surface area contributed by atoms with Crippen LogP contribution in [0.2, 0.25) is 10.0 Å². The van der Waals surface area contributed by atoms with Gasteiger partial charge in [0.15, 0.2) is 0 Å². The highest BCUT2D eigenvalue weighted by molar-refractivity contribution is 6.42. The second-order valence-corrected chi connectivity index (χ2v) is 10.3. The highest BCUT2D eigenvalue weighted by Crippen LogP contribution is 2.48. The van der Waals surface area contributed by atoms with Crippen LogP contribution in [0, 0.1) is 5.41 Å². The molecule has 14 heteroatoms. The summed E-state index contributed by atoms with van der Waals surface area (Å²) >= 11 is 13.3. The third-order valence-electron chi connectivity index (χ3n) is 6.94. The molecular weight excluding hydrogens is 571 g/mol. The summed E-state index contributed by atoms with van der Waals surface area (Å²) in [4.78, 5) is 38.0. The van der Waals surface area contributed by atoms with Crippen molar-refractivity contribution in [1.82, 2.24) is 15.3 Å². The Balaban J connectivity index is 1.74.